The van der Waals surface area contributed by atoms with E-state index in [1.54, 1.807) is 6.07 Å². The molecule has 2 saturated carbocycles. The molecule has 146 valence electrons. The van der Waals surface area contributed by atoms with E-state index >= 15 is 0 Å². The summed E-state index contributed by atoms with van der Waals surface area (Å²) in [5.74, 6) is 1.42. The average molecular weight is 371 g/mol. The third kappa shape index (κ3) is 1.85. The molecule has 0 amide bonds. The summed E-state index contributed by atoms with van der Waals surface area (Å²) in [5, 5.41) is 22.5. The normalized spacial score (nSPS) is 43.6. The van der Waals surface area contributed by atoms with E-state index in [4.69, 9.17) is 4.74 Å². The van der Waals surface area contributed by atoms with Gasteiger partial charge < -0.3 is 26.9 Å². The average Bonchev–Trinajstić information content (AvgIpc) is 3.32. The minimum absolute atomic E-state index is 0. The van der Waals surface area contributed by atoms with Crippen molar-refractivity contribution in [3.63, 3.8) is 0 Å². The Bertz CT molecular complexity index is 849. The molecule has 2 N–H and O–H groups in total. The second-order valence-corrected chi connectivity index (χ2v) is 9.61. The lowest BCUT2D eigenvalue weighted by molar-refractivity contribution is -0.950. The molecule has 5 aliphatic rings. The van der Waals surface area contributed by atoms with Crippen LogP contribution in [0.4, 0.5) is 0 Å². The van der Waals surface area contributed by atoms with Crippen molar-refractivity contribution in [3.05, 3.63) is 30.7 Å². The van der Waals surface area contributed by atoms with Crippen LogP contribution in [0.1, 0.15) is 43.2 Å². The van der Waals surface area contributed by atoms with E-state index in [0.717, 1.165) is 47.5 Å². The molecule has 1 aromatic rings. The Morgan fingerprint density at radius 3 is 2.81 bits per heavy atom. The number of benzene rings is 1. The molecular formula is C22H29NO4. The number of ketones is 1. The van der Waals surface area contributed by atoms with Gasteiger partial charge in [-0.05, 0) is 30.9 Å². The molecule has 2 heterocycles. The van der Waals surface area contributed by atoms with Gasteiger partial charge in [0.05, 0.1) is 25.6 Å². The Labute approximate surface area is 160 Å². The van der Waals surface area contributed by atoms with Crippen molar-refractivity contribution in [1.82, 2.24) is 0 Å². The first kappa shape index (κ1) is 17.5. The summed E-state index contributed by atoms with van der Waals surface area (Å²) in [6, 6.07) is 3.77. The molecule has 5 unspecified atom stereocenters. The highest BCUT2D eigenvalue weighted by Crippen LogP contribution is 2.65. The van der Waals surface area contributed by atoms with E-state index in [9.17, 15) is 15.0 Å². The molecule has 6 rings (SSSR count). The van der Waals surface area contributed by atoms with Gasteiger partial charge >= 0.3 is 0 Å². The summed E-state index contributed by atoms with van der Waals surface area (Å²) in [7, 11) is 2.31. The van der Waals surface area contributed by atoms with Gasteiger partial charge in [-0.1, -0.05) is 6.07 Å². The molecule has 1 saturated heterocycles. The number of phenolic OH excluding ortho intramolecular Hbond substituents is 1. The molecular weight excluding hydrogens is 342 g/mol. The summed E-state index contributed by atoms with van der Waals surface area (Å²) >= 11 is 0. The number of aromatic hydroxyl groups is 1. The largest absolute Gasteiger partial charge is 0.504 e. The van der Waals surface area contributed by atoms with Crippen LogP contribution in [-0.2, 0) is 16.6 Å². The number of nitrogens with zero attached hydrogens (tertiary/aromatic N) is 1. The highest BCUT2D eigenvalue weighted by Gasteiger charge is 2.76. The van der Waals surface area contributed by atoms with Gasteiger partial charge in [0.1, 0.15) is 11.6 Å². The predicted molar refractivity (Wildman–Crippen MR) is 101 cm³/mol. The van der Waals surface area contributed by atoms with Gasteiger partial charge in [-0.25, -0.2) is 0 Å². The SMILES string of the molecule is C[N+]1(CC2CC2)CCC23c4c5ccc(O)c4OC2C(=O)CCC3(O)C1C5.[CH3-]. The highest BCUT2D eigenvalue weighted by molar-refractivity contribution is 5.90. The molecule has 2 bridgehead atoms. The van der Waals surface area contributed by atoms with Crippen LogP contribution in [0.3, 0.4) is 0 Å². The van der Waals surface area contributed by atoms with Crippen LogP contribution in [0.5, 0.6) is 11.5 Å². The number of hydrogen-bond acceptors (Lipinski definition) is 4. The van der Waals surface area contributed by atoms with Crippen LogP contribution in [0.2, 0.25) is 0 Å². The van der Waals surface area contributed by atoms with Crippen LogP contribution in [-0.4, -0.2) is 58.4 Å². The maximum atomic E-state index is 12.8. The Balaban J connectivity index is 0.00000160. The third-order valence-electron chi connectivity index (χ3n) is 8.28. The molecule has 27 heavy (non-hydrogen) atoms. The topological polar surface area (TPSA) is 66.8 Å². The van der Waals surface area contributed by atoms with Gasteiger partial charge in [0.2, 0.25) is 0 Å². The maximum absolute atomic E-state index is 12.8. The zero-order chi connectivity index (χ0) is 17.9. The second kappa shape index (κ2) is 5.06. The van der Waals surface area contributed by atoms with Crippen LogP contribution < -0.4 is 4.74 Å². The fraction of sp³-hybridized carbons (Fsp3) is 0.636. The Hall–Kier alpha value is -1.59. The molecule has 3 aliphatic carbocycles. The predicted octanol–water partition coefficient (Wildman–Crippen LogP) is 2.12. The number of ether oxygens (including phenoxy) is 1. The number of rotatable bonds is 2. The van der Waals surface area contributed by atoms with E-state index in [2.05, 4.69) is 7.05 Å². The van der Waals surface area contributed by atoms with Crippen LogP contribution in [0.15, 0.2) is 12.1 Å². The molecule has 5 nitrogen and oxygen atoms in total. The molecule has 1 spiro atoms. The quantitative estimate of drug-likeness (QED) is 0.617. The summed E-state index contributed by atoms with van der Waals surface area (Å²) in [5.41, 5.74) is 0.492. The lowest BCUT2D eigenvalue weighted by Gasteiger charge is -2.64. The first-order valence-electron chi connectivity index (χ1n) is 10.0. The fourth-order valence-electron chi connectivity index (χ4n) is 6.94. The summed E-state index contributed by atoms with van der Waals surface area (Å²) in [4.78, 5) is 12.8. The van der Waals surface area contributed by atoms with Crippen LogP contribution in [0, 0.1) is 13.3 Å². The van der Waals surface area contributed by atoms with Crippen molar-refractivity contribution in [1.29, 1.82) is 0 Å². The lowest BCUT2D eigenvalue weighted by atomic mass is 9.48. The zero-order valence-electron chi connectivity index (χ0n) is 16.2. The van der Waals surface area contributed by atoms with Gasteiger partial charge in [0.15, 0.2) is 23.4 Å². The van der Waals surface area contributed by atoms with Gasteiger partial charge in [0.25, 0.3) is 0 Å². The molecule has 0 radical (unpaired) electrons. The number of aliphatic hydroxyl groups is 1. The standard InChI is InChI=1S/C21H25NO4.CH3/c1-22(11-12-2-3-12)9-8-20-17-13-4-5-14(23)18(17)26-19(20)15(24)6-7-21(20,25)16(22)10-13;/h4-5,12,16,19,25H,2-3,6-11H2,1H3;1H3/q;-1/p+1. The van der Waals surface area contributed by atoms with Crippen molar-refractivity contribution in [2.24, 2.45) is 5.92 Å². The Morgan fingerprint density at radius 2 is 2.07 bits per heavy atom. The van der Waals surface area contributed by atoms with Crippen molar-refractivity contribution in [2.45, 2.75) is 61.7 Å². The summed E-state index contributed by atoms with van der Waals surface area (Å²) < 4.78 is 6.98. The van der Waals surface area contributed by atoms with Crippen molar-refractivity contribution < 1.29 is 24.2 Å². The van der Waals surface area contributed by atoms with Crippen LogP contribution >= 0.6 is 0 Å². The Morgan fingerprint density at radius 1 is 1.30 bits per heavy atom. The first-order chi connectivity index (χ1) is 12.4. The summed E-state index contributed by atoms with van der Waals surface area (Å²) in [6.07, 6.45) is 4.42. The monoisotopic (exact) mass is 371 g/mol. The second-order valence-electron chi connectivity index (χ2n) is 9.61. The van der Waals surface area contributed by atoms with E-state index in [1.807, 2.05) is 6.07 Å². The number of piperidine rings is 1. The first-order valence-corrected chi connectivity index (χ1v) is 10.0. The van der Waals surface area contributed by atoms with E-state index in [1.165, 1.54) is 12.8 Å². The smallest absolute Gasteiger partial charge is 0.174 e. The number of carbonyl (C=O) groups is 1. The molecule has 1 aromatic carbocycles. The molecule has 3 fully saturated rings. The zero-order valence-corrected chi connectivity index (χ0v) is 16.2. The fourth-order valence-corrected chi connectivity index (χ4v) is 6.94. The lowest BCUT2D eigenvalue weighted by Crippen LogP contribution is -2.80. The van der Waals surface area contributed by atoms with Gasteiger partial charge in [-0.3, -0.25) is 4.79 Å². The van der Waals surface area contributed by atoms with E-state index in [-0.39, 0.29) is 25.0 Å². The van der Waals surface area contributed by atoms with E-state index < -0.39 is 17.1 Å². The van der Waals surface area contributed by atoms with E-state index in [0.29, 0.717) is 18.6 Å². The number of quaternary nitrogens is 1. The molecule has 5 atom stereocenters. The molecule has 5 heteroatoms. The number of phenols is 1. The van der Waals surface area contributed by atoms with Crippen molar-refractivity contribution in [2.75, 3.05) is 20.1 Å². The van der Waals surface area contributed by atoms with Gasteiger partial charge in [0, 0.05) is 30.7 Å². The number of likely N-dealkylation sites (tertiary alicyclic amines) is 1. The van der Waals surface area contributed by atoms with Crippen LogP contribution in [0.25, 0.3) is 0 Å². The maximum Gasteiger partial charge on any atom is 0.174 e. The number of Topliss-reactive ketones (excluding diaryl/α,β-unsaturated/α-hetero) is 1. The molecule has 0 aromatic heterocycles. The highest BCUT2D eigenvalue weighted by atomic mass is 16.5. The minimum Gasteiger partial charge on any atom is -0.504 e. The third-order valence-corrected chi connectivity index (χ3v) is 8.28. The molecule has 2 aliphatic heterocycles. The Kier molecular flexibility index (Phi) is 3.28. The number of hydrogen-bond donors (Lipinski definition) is 2. The summed E-state index contributed by atoms with van der Waals surface area (Å²) in [6.45, 7) is 2.09. The minimum atomic E-state index is -0.931. The number of likely N-dealkylation sites (N-methyl/N-ethyl adjacent to an activating group) is 1. The van der Waals surface area contributed by atoms with Gasteiger partial charge in [-0.15, -0.1) is 0 Å². The number of carbonyl (C=O) groups excluding carboxylic acids is 1. The van der Waals surface area contributed by atoms with Crippen molar-refractivity contribution >= 4 is 5.78 Å². The van der Waals surface area contributed by atoms with Gasteiger partial charge in [-0.2, -0.15) is 0 Å². The van der Waals surface area contributed by atoms with Crippen molar-refractivity contribution in [3.8, 4) is 11.5 Å².